The van der Waals surface area contributed by atoms with Gasteiger partial charge in [-0.05, 0) is 6.42 Å². The molecule has 0 aliphatic rings. The third-order valence-corrected chi connectivity index (χ3v) is 6.27. The molecule has 1 aromatic heterocycles. The highest BCUT2D eigenvalue weighted by atomic mass is 79.9. The van der Waals surface area contributed by atoms with Crippen LogP contribution in [0.1, 0.15) is 115 Å². The quantitative estimate of drug-likeness (QED) is 0.128. The van der Waals surface area contributed by atoms with Crippen molar-refractivity contribution >= 4 is 32.9 Å². The molecule has 0 radical (unpaired) electrons. The van der Waals surface area contributed by atoms with Crippen LogP contribution in [0.5, 0.6) is 5.75 Å². The first-order valence-electron chi connectivity index (χ1n) is 12.1. The number of pyridine rings is 1. The van der Waals surface area contributed by atoms with Gasteiger partial charge < -0.3 is 9.30 Å². The molecule has 0 unspecified atom stereocenters. The van der Waals surface area contributed by atoms with Crippen molar-refractivity contribution in [3.05, 3.63) is 28.2 Å². The third kappa shape index (κ3) is 14.7. The molecular formula is C25H45Br2NO2. The van der Waals surface area contributed by atoms with E-state index in [0.717, 1.165) is 12.1 Å². The summed E-state index contributed by atoms with van der Waals surface area (Å²) in [4.78, 5) is 12.0. The first-order valence-corrected chi connectivity index (χ1v) is 13.2. The lowest BCUT2D eigenvalue weighted by molar-refractivity contribution is 0.299. The zero-order valence-corrected chi connectivity index (χ0v) is 22.7. The number of nitrogens with zero attached hydrogens (tertiary/aromatic N) is 1. The number of unbranched alkanes of at least 4 members (excludes halogenated alkanes) is 15. The van der Waals surface area contributed by atoms with Gasteiger partial charge in [-0.2, -0.15) is 0 Å². The molecule has 0 N–H and O–H groups in total. The topological polar surface area (TPSA) is 31.2 Å². The van der Waals surface area contributed by atoms with E-state index in [1.165, 1.54) is 96.3 Å². The average Bonchev–Trinajstić information content (AvgIpc) is 2.72. The van der Waals surface area contributed by atoms with Crippen LogP contribution in [0.3, 0.4) is 0 Å². The Hall–Kier alpha value is -0.290. The number of hydrogen-bond acceptors (Lipinski definition) is 2. The Labute approximate surface area is 204 Å². The van der Waals surface area contributed by atoms with Gasteiger partial charge in [-0.15, -0.1) is 17.0 Å². The Morgan fingerprint density at radius 1 is 0.800 bits per heavy atom. The molecule has 30 heavy (non-hydrogen) atoms. The molecule has 176 valence electrons. The van der Waals surface area contributed by atoms with E-state index in [9.17, 15) is 4.79 Å². The van der Waals surface area contributed by atoms with Gasteiger partial charge in [0.15, 0.2) is 5.75 Å². The maximum atomic E-state index is 12.0. The molecule has 0 aliphatic heterocycles. The van der Waals surface area contributed by atoms with Gasteiger partial charge in [-0.25, -0.2) is 0 Å². The van der Waals surface area contributed by atoms with Gasteiger partial charge in [0.05, 0.1) is 12.8 Å². The van der Waals surface area contributed by atoms with Gasteiger partial charge in [-0.3, -0.25) is 4.79 Å². The lowest BCUT2D eigenvalue weighted by Gasteiger charge is -2.10. The van der Waals surface area contributed by atoms with Crippen LogP contribution in [-0.4, -0.2) is 11.2 Å². The summed E-state index contributed by atoms with van der Waals surface area (Å²) in [5.74, 6) is 0.471. The van der Waals surface area contributed by atoms with E-state index in [-0.39, 0.29) is 22.4 Å². The van der Waals surface area contributed by atoms with Gasteiger partial charge in [0, 0.05) is 24.1 Å². The maximum Gasteiger partial charge on any atom is 0.223 e. The van der Waals surface area contributed by atoms with Crippen LogP contribution in [0, 0.1) is 0 Å². The maximum absolute atomic E-state index is 12.0. The zero-order chi connectivity index (χ0) is 21.2. The van der Waals surface area contributed by atoms with Gasteiger partial charge in [0.25, 0.3) is 0 Å². The number of aryl methyl sites for hydroxylation is 1. The number of halogens is 2. The minimum atomic E-state index is -0.0194. The van der Waals surface area contributed by atoms with Crippen LogP contribution in [0.4, 0.5) is 0 Å². The highest BCUT2D eigenvalue weighted by Gasteiger charge is 2.04. The monoisotopic (exact) mass is 549 g/mol. The second kappa shape index (κ2) is 20.6. The van der Waals surface area contributed by atoms with Crippen LogP contribution in [-0.2, 0) is 12.4 Å². The number of ether oxygens (including phenoxy) is 1. The molecular weight excluding hydrogens is 506 g/mol. The van der Waals surface area contributed by atoms with Crippen LogP contribution in [0.25, 0.3) is 0 Å². The summed E-state index contributed by atoms with van der Waals surface area (Å²) in [6, 6.07) is 1.65. The minimum absolute atomic E-state index is 0. The molecule has 5 heteroatoms. The van der Waals surface area contributed by atoms with Gasteiger partial charge >= 0.3 is 0 Å². The fraction of sp³-hybridized carbons (Fsp3) is 0.800. The summed E-state index contributed by atoms with van der Waals surface area (Å²) < 4.78 is 7.63. The lowest BCUT2D eigenvalue weighted by Crippen LogP contribution is -2.13. The predicted molar refractivity (Wildman–Crippen MR) is 140 cm³/mol. The molecule has 0 atom stereocenters. The highest BCUT2D eigenvalue weighted by molar-refractivity contribution is 9.08. The molecule has 0 fully saturated rings. The largest absolute Gasteiger partial charge is 0.488 e. The SMILES string of the molecule is Br.CCCCCCCCCCCCCCCCCCOc1cn(C)c(CBr)cc1=O. The molecule has 0 spiro atoms. The summed E-state index contributed by atoms with van der Waals surface area (Å²) in [5, 5.41) is 0.679. The van der Waals surface area contributed by atoms with E-state index in [0.29, 0.717) is 17.7 Å². The molecule has 1 rings (SSSR count). The van der Waals surface area contributed by atoms with Crippen molar-refractivity contribution in [1.82, 2.24) is 4.57 Å². The van der Waals surface area contributed by atoms with E-state index < -0.39 is 0 Å². The molecule has 0 amide bonds. The third-order valence-electron chi connectivity index (χ3n) is 5.70. The van der Waals surface area contributed by atoms with E-state index in [1.54, 1.807) is 12.3 Å². The first kappa shape index (κ1) is 29.7. The van der Waals surface area contributed by atoms with Crippen molar-refractivity contribution in [2.75, 3.05) is 6.61 Å². The number of aromatic nitrogens is 1. The number of alkyl halides is 1. The van der Waals surface area contributed by atoms with Crippen LogP contribution in [0.15, 0.2) is 17.1 Å². The second-order valence-corrected chi connectivity index (χ2v) is 8.95. The van der Waals surface area contributed by atoms with E-state index in [1.807, 2.05) is 11.6 Å². The molecule has 0 aliphatic carbocycles. The van der Waals surface area contributed by atoms with E-state index in [4.69, 9.17) is 4.74 Å². The molecule has 1 heterocycles. The molecule has 1 aromatic rings. The number of rotatable bonds is 19. The summed E-state index contributed by atoms with van der Waals surface area (Å²) in [7, 11) is 1.94. The standard InChI is InChI=1S/C25H44BrNO2.BrH/c1-3-4-5-6-7-8-9-10-11-12-13-14-15-16-17-18-19-29-25-22-27(2)23(21-26)20-24(25)28;/h20,22H,3-19,21H2,1-2H3;1H. The van der Waals surface area contributed by atoms with E-state index in [2.05, 4.69) is 22.9 Å². The Morgan fingerprint density at radius 2 is 1.23 bits per heavy atom. The van der Waals surface area contributed by atoms with Crippen molar-refractivity contribution in [2.45, 2.75) is 115 Å². The summed E-state index contributed by atoms with van der Waals surface area (Å²) in [6.45, 7) is 2.92. The number of hydrogen-bond donors (Lipinski definition) is 0. The van der Waals surface area contributed by atoms with Crippen molar-refractivity contribution in [1.29, 1.82) is 0 Å². The lowest BCUT2D eigenvalue weighted by atomic mass is 10.0. The second-order valence-electron chi connectivity index (χ2n) is 8.39. The Morgan fingerprint density at radius 3 is 1.67 bits per heavy atom. The normalized spacial score (nSPS) is 10.8. The first-order chi connectivity index (χ1) is 14.2. The fourth-order valence-electron chi connectivity index (χ4n) is 3.72. The van der Waals surface area contributed by atoms with Gasteiger partial charge in [0.1, 0.15) is 0 Å². The van der Waals surface area contributed by atoms with Crippen LogP contribution in [0.2, 0.25) is 0 Å². The van der Waals surface area contributed by atoms with Crippen molar-refractivity contribution in [2.24, 2.45) is 7.05 Å². The summed E-state index contributed by atoms with van der Waals surface area (Å²) in [5.41, 5.74) is 0.943. The Balaban J connectivity index is 0.00000841. The minimum Gasteiger partial charge on any atom is -0.488 e. The fourth-order valence-corrected chi connectivity index (χ4v) is 4.28. The molecule has 0 saturated heterocycles. The zero-order valence-electron chi connectivity index (χ0n) is 19.4. The van der Waals surface area contributed by atoms with Gasteiger partial charge in [0.2, 0.25) is 5.43 Å². The van der Waals surface area contributed by atoms with Gasteiger partial charge in [-0.1, -0.05) is 119 Å². The molecule has 0 aromatic carbocycles. The van der Waals surface area contributed by atoms with Crippen molar-refractivity contribution in [3.8, 4) is 5.75 Å². The summed E-state index contributed by atoms with van der Waals surface area (Å²) in [6.07, 6.45) is 23.6. The Bertz CT molecular complexity index is 575. The average molecular weight is 551 g/mol. The predicted octanol–water partition coefficient (Wildman–Crippen LogP) is 8.50. The smallest absolute Gasteiger partial charge is 0.223 e. The Kier molecular flexibility index (Phi) is 20.4. The van der Waals surface area contributed by atoms with Crippen molar-refractivity contribution < 1.29 is 4.74 Å². The molecule has 0 bridgehead atoms. The highest BCUT2D eigenvalue weighted by Crippen LogP contribution is 2.14. The van der Waals surface area contributed by atoms with Crippen LogP contribution < -0.4 is 10.2 Å². The molecule has 3 nitrogen and oxygen atoms in total. The van der Waals surface area contributed by atoms with Crippen molar-refractivity contribution in [3.63, 3.8) is 0 Å². The van der Waals surface area contributed by atoms with E-state index >= 15 is 0 Å². The molecule has 0 saturated carbocycles. The van der Waals surface area contributed by atoms with Crippen LogP contribution >= 0.6 is 32.9 Å². The summed E-state index contributed by atoms with van der Waals surface area (Å²) >= 11 is 3.39.